The number of nitrogens with zero attached hydrogens (tertiary/aromatic N) is 3. The number of aryl methyl sites for hydroxylation is 2. The van der Waals surface area contributed by atoms with E-state index in [1.54, 1.807) is 33.2 Å². The minimum atomic E-state index is -3.95. The van der Waals surface area contributed by atoms with Crippen LogP contribution in [0.4, 0.5) is 8.63 Å². The highest BCUT2D eigenvalue weighted by Crippen LogP contribution is 2.43. The maximum Gasteiger partial charge on any atom is 0.737 e. The summed E-state index contributed by atoms with van der Waals surface area (Å²) in [6.45, 7) is 3.27. The molecule has 0 aliphatic carbocycles. The Balaban J connectivity index is 2.12. The van der Waals surface area contributed by atoms with Crippen LogP contribution in [0.1, 0.15) is 36.4 Å². The first-order valence-corrected chi connectivity index (χ1v) is 8.55. The summed E-state index contributed by atoms with van der Waals surface area (Å²) in [6, 6.07) is 5.44. The summed E-state index contributed by atoms with van der Waals surface area (Å²) in [5, 5.41) is 0. The van der Waals surface area contributed by atoms with E-state index in [-0.39, 0.29) is 0 Å². The first-order chi connectivity index (χ1) is 12.3. The second kappa shape index (κ2) is 5.40. The van der Waals surface area contributed by atoms with Crippen LogP contribution in [0, 0.1) is 13.8 Å². The molecule has 2 aromatic rings. The molecule has 2 aliphatic rings. The lowest BCUT2D eigenvalue weighted by atomic mass is 9.84. The van der Waals surface area contributed by atoms with Crippen molar-refractivity contribution in [3.05, 3.63) is 64.3 Å². The van der Waals surface area contributed by atoms with Crippen LogP contribution in [-0.4, -0.2) is 33.7 Å². The van der Waals surface area contributed by atoms with Gasteiger partial charge in [-0.25, -0.2) is 4.98 Å². The number of allylic oxidation sites excluding steroid dienone is 2. The second-order valence-electron chi connectivity index (χ2n) is 6.93. The van der Waals surface area contributed by atoms with E-state index in [0.29, 0.717) is 28.7 Å². The molecule has 0 spiro atoms. The van der Waals surface area contributed by atoms with Gasteiger partial charge in [-0.1, -0.05) is 0 Å². The van der Waals surface area contributed by atoms with Gasteiger partial charge in [-0.2, -0.15) is 0 Å². The first kappa shape index (κ1) is 16.8. The van der Waals surface area contributed by atoms with Gasteiger partial charge in [-0.3, -0.25) is 0 Å². The van der Waals surface area contributed by atoms with Crippen LogP contribution in [0.15, 0.2) is 41.7 Å². The molecule has 2 aliphatic heterocycles. The van der Waals surface area contributed by atoms with Gasteiger partial charge in [0.15, 0.2) is 5.70 Å². The van der Waals surface area contributed by atoms with Gasteiger partial charge in [0.1, 0.15) is 5.71 Å². The van der Waals surface area contributed by atoms with Crippen molar-refractivity contribution in [3.63, 3.8) is 0 Å². The molecule has 134 valence electrons. The lowest BCUT2D eigenvalue weighted by Crippen LogP contribution is -2.51. The zero-order chi connectivity index (χ0) is 18.8. The Bertz CT molecular complexity index is 1030. The van der Waals surface area contributed by atoms with E-state index in [2.05, 4.69) is 4.98 Å². The summed E-state index contributed by atoms with van der Waals surface area (Å²) in [6.07, 6.45) is 3.50. The number of hydrogen-bond donors (Lipinski definition) is 0. The van der Waals surface area contributed by atoms with Crippen LogP contribution < -0.4 is 4.74 Å². The van der Waals surface area contributed by atoms with Crippen molar-refractivity contribution in [2.75, 3.05) is 7.11 Å². The topological polar surface area (TPSA) is 30.1 Å². The number of pyridine rings is 1. The normalized spacial score (nSPS) is 18.0. The summed E-state index contributed by atoms with van der Waals surface area (Å²) < 4.78 is 38.5. The molecule has 0 N–H and O–H groups in total. The molecule has 0 fully saturated rings. The predicted molar refractivity (Wildman–Crippen MR) is 98.8 cm³/mol. The molecular formula is C19H20BF2N3O. The number of rotatable bonds is 2. The van der Waals surface area contributed by atoms with E-state index >= 15 is 8.63 Å². The fourth-order valence-corrected chi connectivity index (χ4v) is 4.22. The van der Waals surface area contributed by atoms with Crippen molar-refractivity contribution in [2.24, 2.45) is 0 Å². The highest BCUT2D eigenvalue weighted by molar-refractivity contribution is 6.58. The Hall–Kier alpha value is -2.70. The van der Waals surface area contributed by atoms with Crippen molar-refractivity contribution >= 4 is 18.3 Å². The van der Waals surface area contributed by atoms with Crippen molar-refractivity contribution < 1.29 is 17.9 Å². The van der Waals surface area contributed by atoms with Gasteiger partial charge in [-0.15, -0.1) is 0 Å². The van der Waals surface area contributed by atoms with Crippen LogP contribution in [0.5, 0.6) is 5.88 Å². The Morgan fingerprint density at radius 2 is 1.88 bits per heavy atom. The molecular weight excluding hydrogens is 335 g/mol. The quantitative estimate of drug-likeness (QED) is 0.764. The number of fused-ring (bicyclic) bond motifs is 2. The number of halogens is 2. The van der Waals surface area contributed by atoms with Gasteiger partial charge in [0, 0.05) is 42.1 Å². The van der Waals surface area contributed by atoms with Crippen LogP contribution >= 0.6 is 0 Å². The summed E-state index contributed by atoms with van der Waals surface area (Å²) in [7, 11) is 1.55. The molecule has 0 aromatic carbocycles. The smallest absolute Gasteiger partial charge is 0.481 e. The number of hydrogen-bond acceptors (Lipinski definition) is 2. The van der Waals surface area contributed by atoms with E-state index < -0.39 is 6.97 Å². The largest absolute Gasteiger partial charge is 0.737 e. The van der Waals surface area contributed by atoms with Gasteiger partial charge >= 0.3 is 6.97 Å². The standard InChI is InChI=1S/C19H20BF2N3O/c1-11-8-13(3)24-18(11)17(15-6-7-16(26-5)23-10-15)19-12(2)9-14(4)25(19)20(24,21)22/h6-10H,1-5H3. The van der Waals surface area contributed by atoms with Gasteiger partial charge in [0.25, 0.3) is 0 Å². The average Bonchev–Trinajstić information content (AvgIpc) is 3.05. The average molecular weight is 355 g/mol. The van der Waals surface area contributed by atoms with Crippen LogP contribution in [0.2, 0.25) is 0 Å². The lowest BCUT2D eigenvalue weighted by molar-refractivity contribution is -0.363. The second-order valence-corrected chi connectivity index (χ2v) is 6.93. The highest BCUT2D eigenvalue weighted by atomic mass is 19.2. The lowest BCUT2D eigenvalue weighted by Gasteiger charge is -2.34. The Labute approximate surface area is 151 Å². The Morgan fingerprint density at radius 1 is 1.15 bits per heavy atom. The summed E-state index contributed by atoms with van der Waals surface area (Å²) in [5.41, 5.74) is 5.47. The molecule has 0 saturated carbocycles. The maximum absolute atomic E-state index is 15.5. The zero-order valence-corrected chi connectivity index (χ0v) is 15.5. The summed E-state index contributed by atoms with van der Waals surface area (Å²) in [4.78, 5) is 4.28. The van der Waals surface area contributed by atoms with E-state index in [1.807, 2.05) is 32.1 Å². The van der Waals surface area contributed by atoms with Gasteiger partial charge in [0.2, 0.25) is 5.88 Å². The molecule has 2 aromatic heterocycles. The third-order valence-electron chi connectivity index (χ3n) is 5.17. The number of methoxy groups -OCH3 is 1. The summed E-state index contributed by atoms with van der Waals surface area (Å²) >= 11 is 0. The third-order valence-corrected chi connectivity index (χ3v) is 5.17. The van der Waals surface area contributed by atoms with Gasteiger partial charge in [0.05, 0.1) is 12.7 Å². The highest BCUT2D eigenvalue weighted by Gasteiger charge is 2.55. The molecule has 4 nitrogen and oxygen atoms in total. The molecule has 26 heavy (non-hydrogen) atoms. The molecule has 0 radical (unpaired) electrons. The van der Waals surface area contributed by atoms with Gasteiger partial charge in [-0.05, 0) is 44.2 Å². The molecule has 0 amide bonds. The van der Waals surface area contributed by atoms with Crippen LogP contribution in [0.25, 0.3) is 5.57 Å². The zero-order valence-electron chi connectivity index (χ0n) is 15.5. The monoisotopic (exact) mass is 355 g/mol. The van der Waals surface area contributed by atoms with Crippen molar-refractivity contribution in [1.29, 1.82) is 0 Å². The summed E-state index contributed by atoms with van der Waals surface area (Å²) in [5.74, 6) is 0.492. The molecule has 0 unspecified atom stereocenters. The number of ether oxygens (including phenoxy) is 1. The van der Waals surface area contributed by atoms with Gasteiger partial charge < -0.3 is 22.3 Å². The van der Waals surface area contributed by atoms with Crippen LogP contribution in [-0.2, 0) is 0 Å². The molecule has 0 saturated heterocycles. The number of aromatic nitrogens is 2. The van der Waals surface area contributed by atoms with Crippen molar-refractivity contribution in [2.45, 2.75) is 27.7 Å². The maximum atomic E-state index is 15.5. The van der Waals surface area contributed by atoms with Crippen molar-refractivity contribution in [3.8, 4) is 5.88 Å². The van der Waals surface area contributed by atoms with Crippen molar-refractivity contribution in [1.82, 2.24) is 9.46 Å². The fraction of sp³-hybridized carbons (Fsp3) is 0.263. The Morgan fingerprint density at radius 3 is 2.50 bits per heavy atom. The van der Waals surface area contributed by atoms with E-state index in [0.717, 1.165) is 22.3 Å². The first-order valence-electron chi connectivity index (χ1n) is 8.55. The Kier molecular flexibility index (Phi) is 3.48. The third kappa shape index (κ3) is 2.06. The molecule has 0 atom stereocenters. The molecule has 0 bridgehead atoms. The van der Waals surface area contributed by atoms with E-state index in [4.69, 9.17) is 4.74 Å². The fourth-order valence-electron chi connectivity index (χ4n) is 4.22. The predicted octanol–water partition coefficient (Wildman–Crippen LogP) is 3.94. The minimum absolute atomic E-state index is 0.492. The molecule has 7 heteroatoms. The van der Waals surface area contributed by atoms with E-state index in [9.17, 15) is 0 Å². The SMILES string of the molecule is COc1ccc(C2=C3C(C)=CC(C)=[N+]3[B-](F)(F)n3c(C)cc(C)c32)cn1. The van der Waals surface area contributed by atoms with Crippen LogP contribution in [0.3, 0.4) is 0 Å². The van der Waals surface area contributed by atoms with E-state index in [1.165, 1.54) is 8.96 Å². The minimum Gasteiger partial charge on any atom is -0.481 e. The molecule has 4 heterocycles. The molecule has 4 rings (SSSR count).